The smallest absolute Gasteiger partial charge is 0.0480 e. The van der Waals surface area contributed by atoms with Crippen LogP contribution < -0.4 is 5.32 Å². The summed E-state index contributed by atoms with van der Waals surface area (Å²) in [5.74, 6) is 0. The highest BCUT2D eigenvalue weighted by molar-refractivity contribution is 4.73. The van der Waals surface area contributed by atoms with Crippen LogP contribution in [0.5, 0.6) is 0 Å². The summed E-state index contributed by atoms with van der Waals surface area (Å²) in [6, 6.07) is 1.47. The van der Waals surface area contributed by atoms with Crippen LogP contribution in [0.4, 0.5) is 0 Å². The first kappa shape index (κ1) is 15.9. The average molecular weight is 256 g/mol. The molecule has 0 radical (unpaired) electrons. The zero-order valence-corrected chi connectivity index (χ0v) is 12.6. The Balaban J connectivity index is 2.10. The molecule has 1 heterocycles. The topological polar surface area (TPSA) is 24.5 Å². The molecule has 1 saturated heterocycles. The number of nitrogens with zero attached hydrogens (tertiary/aromatic N) is 1. The first-order valence-corrected chi connectivity index (χ1v) is 7.79. The van der Waals surface area contributed by atoms with Crippen molar-refractivity contribution in [3.63, 3.8) is 0 Å². The van der Waals surface area contributed by atoms with E-state index in [0.29, 0.717) is 6.04 Å². The van der Waals surface area contributed by atoms with Crippen LogP contribution in [0, 0.1) is 0 Å². The summed E-state index contributed by atoms with van der Waals surface area (Å²) in [6.45, 7) is 8.81. The maximum atomic E-state index is 5.42. The maximum Gasteiger partial charge on any atom is 0.0480 e. The molecule has 3 nitrogen and oxygen atoms in total. The van der Waals surface area contributed by atoms with Gasteiger partial charge in [-0.25, -0.2) is 0 Å². The fourth-order valence-corrected chi connectivity index (χ4v) is 2.69. The minimum absolute atomic E-state index is 0.716. The lowest BCUT2D eigenvalue weighted by Crippen LogP contribution is -2.38. The Kier molecular flexibility index (Phi) is 8.64. The van der Waals surface area contributed by atoms with Gasteiger partial charge in [-0.1, -0.05) is 13.8 Å². The summed E-state index contributed by atoms with van der Waals surface area (Å²) in [6.07, 6.45) is 7.52. The largest absolute Gasteiger partial charge is 0.381 e. The Labute approximate surface area is 113 Å². The Hall–Kier alpha value is -0.120. The molecule has 0 aliphatic carbocycles. The van der Waals surface area contributed by atoms with Crippen molar-refractivity contribution >= 4 is 0 Å². The van der Waals surface area contributed by atoms with E-state index in [1.54, 1.807) is 0 Å². The molecule has 1 atom stereocenters. The maximum absolute atomic E-state index is 5.42. The lowest BCUT2D eigenvalue weighted by molar-refractivity contribution is 0.0424. The van der Waals surface area contributed by atoms with Crippen molar-refractivity contribution in [2.75, 3.05) is 33.4 Å². The highest BCUT2D eigenvalue weighted by Crippen LogP contribution is 2.13. The fourth-order valence-electron chi connectivity index (χ4n) is 2.69. The zero-order valence-electron chi connectivity index (χ0n) is 12.6. The Bertz CT molecular complexity index is 193. The Morgan fingerprint density at radius 2 is 2.00 bits per heavy atom. The summed E-state index contributed by atoms with van der Waals surface area (Å²) in [5, 5.41) is 3.63. The average Bonchev–Trinajstić information content (AvgIpc) is 2.43. The third-order valence-corrected chi connectivity index (χ3v) is 4.05. The zero-order chi connectivity index (χ0) is 13.2. The van der Waals surface area contributed by atoms with Crippen LogP contribution in [0.2, 0.25) is 0 Å². The predicted molar refractivity (Wildman–Crippen MR) is 78.1 cm³/mol. The number of hydrogen-bond donors (Lipinski definition) is 1. The lowest BCUT2D eigenvalue weighted by Gasteiger charge is -2.31. The van der Waals surface area contributed by atoms with Crippen molar-refractivity contribution < 1.29 is 4.74 Å². The van der Waals surface area contributed by atoms with Gasteiger partial charge in [-0.3, -0.25) is 0 Å². The third-order valence-electron chi connectivity index (χ3n) is 4.05. The SMILES string of the molecule is CCCNC(CC)CCCN(C)C1CCOCC1. The monoisotopic (exact) mass is 256 g/mol. The van der Waals surface area contributed by atoms with Gasteiger partial charge in [0.1, 0.15) is 0 Å². The number of ether oxygens (including phenoxy) is 1. The highest BCUT2D eigenvalue weighted by Gasteiger charge is 2.18. The first-order valence-electron chi connectivity index (χ1n) is 7.79. The van der Waals surface area contributed by atoms with Crippen LogP contribution in [0.25, 0.3) is 0 Å². The van der Waals surface area contributed by atoms with Gasteiger partial charge in [0.2, 0.25) is 0 Å². The highest BCUT2D eigenvalue weighted by atomic mass is 16.5. The van der Waals surface area contributed by atoms with E-state index in [1.807, 2.05) is 0 Å². The molecule has 108 valence electrons. The van der Waals surface area contributed by atoms with Gasteiger partial charge in [-0.15, -0.1) is 0 Å². The van der Waals surface area contributed by atoms with Crippen molar-refractivity contribution in [3.05, 3.63) is 0 Å². The second kappa shape index (κ2) is 9.76. The van der Waals surface area contributed by atoms with E-state index in [1.165, 1.54) is 45.1 Å². The molecular weight excluding hydrogens is 224 g/mol. The molecule has 0 aromatic rings. The number of hydrogen-bond acceptors (Lipinski definition) is 3. The van der Waals surface area contributed by atoms with E-state index in [-0.39, 0.29) is 0 Å². The summed E-state index contributed by atoms with van der Waals surface area (Å²) >= 11 is 0. The van der Waals surface area contributed by atoms with Gasteiger partial charge in [0.25, 0.3) is 0 Å². The van der Waals surface area contributed by atoms with E-state index < -0.39 is 0 Å². The van der Waals surface area contributed by atoms with E-state index in [2.05, 4.69) is 31.1 Å². The van der Waals surface area contributed by atoms with Gasteiger partial charge in [-0.05, 0) is 58.7 Å². The molecule has 1 aliphatic rings. The van der Waals surface area contributed by atoms with Crippen LogP contribution in [-0.4, -0.2) is 50.3 Å². The standard InChI is InChI=1S/C15H32N2O/c1-4-10-16-14(5-2)7-6-11-17(3)15-8-12-18-13-9-15/h14-16H,4-13H2,1-3H3. The van der Waals surface area contributed by atoms with Gasteiger partial charge in [0.15, 0.2) is 0 Å². The molecule has 0 aromatic heterocycles. The summed E-state index contributed by atoms with van der Waals surface area (Å²) in [7, 11) is 2.27. The summed E-state index contributed by atoms with van der Waals surface area (Å²) in [4.78, 5) is 2.54. The molecule has 0 amide bonds. The van der Waals surface area contributed by atoms with Crippen molar-refractivity contribution in [1.29, 1.82) is 0 Å². The quantitative estimate of drug-likeness (QED) is 0.686. The van der Waals surface area contributed by atoms with Crippen LogP contribution in [-0.2, 0) is 4.74 Å². The van der Waals surface area contributed by atoms with Crippen LogP contribution in [0.1, 0.15) is 52.4 Å². The van der Waals surface area contributed by atoms with E-state index in [9.17, 15) is 0 Å². The molecule has 0 bridgehead atoms. The number of rotatable bonds is 9. The molecule has 0 spiro atoms. The van der Waals surface area contributed by atoms with Gasteiger partial charge in [0.05, 0.1) is 0 Å². The second-order valence-corrected chi connectivity index (χ2v) is 5.53. The molecule has 0 aromatic carbocycles. The summed E-state index contributed by atoms with van der Waals surface area (Å²) in [5.41, 5.74) is 0. The van der Waals surface area contributed by atoms with Crippen LogP contribution in [0.3, 0.4) is 0 Å². The van der Waals surface area contributed by atoms with E-state index in [4.69, 9.17) is 4.74 Å². The van der Waals surface area contributed by atoms with Gasteiger partial charge in [-0.2, -0.15) is 0 Å². The minimum Gasteiger partial charge on any atom is -0.381 e. The molecule has 3 heteroatoms. The molecule has 1 fully saturated rings. The number of nitrogens with one attached hydrogen (secondary N) is 1. The van der Waals surface area contributed by atoms with Gasteiger partial charge < -0.3 is 15.0 Å². The van der Waals surface area contributed by atoms with Crippen LogP contribution in [0.15, 0.2) is 0 Å². The fraction of sp³-hybridized carbons (Fsp3) is 1.00. The molecule has 1 aliphatic heterocycles. The van der Waals surface area contributed by atoms with Crippen molar-refractivity contribution in [2.24, 2.45) is 0 Å². The van der Waals surface area contributed by atoms with Crippen LogP contribution >= 0.6 is 0 Å². The predicted octanol–water partition coefficient (Wildman–Crippen LogP) is 2.66. The first-order chi connectivity index (χ1) is 8.77. The molecule has 1 rings (SSSR count). The van der Waals surface area contributed by atoms with Gasteiger partial charge in [0, 0.05) is 25.3 Å². The molecular formula is C15H32N2O. The van der Waals surface area contributed by atoms with Crippen molar-refractivity contribution in [2.45, 2.75) is 64.5 Å². The Morgan fingerprint density at radius 3 is 2.61 bits per heavy atom. The lowest BCUT2D eigenvalue weighted by atomic mass is 10.1. The van der Waals surface area contributed by atoms with Crippen molar-refractivity contribution in [1.82, 2.24) is 10.2 Å². The Morgan fingerprint density at radius 1 is 1.28 bits per heavy atom. The van der Waals surface area contributed by atoms with E-state index in [0.717, 1.165) is 25.8 Å². The molecule has 1 unspecified atom stereocenters. The minimum atomic E-state index is 0.716. The third kappa shape index (κ3) is 6.17. The van der Waals surface area contributed by atoms with E-state index >= 15 is 0 Å². The normalized spacial score (nSPS) is 19.3. The molecule has 1 N–H and O–H groups in total. The van der Waals surface area contributed by atoms with Gasteiger partial charge >= 0.3 is 0 Å². The molecule has 0 saturated carbocycles. The van der Waals surface area contributed by atoms with Crippen molar-refractivity contribution in [3.8, 4) is 0 Å². The second-order valence-electron chi connectivity index (χ2n) is 5.53. The molecule has 18 heavy (non-hydrogen) atoms. The summed E-state index contributed by atoms with van der Waals surface area (Å²) < 4.78 is 5.42.